The molecule has 0 radical (unpaired) electrons. The van der Waals surface area contributed by atoms with Crippen molar-refractivity contribution in [3.8, 4) is 0 Å². The predicted octanol–water partition coefficient (Wildman–Crippen LogP) is 1.38. The van der Waals surface area contributed by atoms with Crippen LogP contribution in [-0.2, 0) is 0 Å². The molecule has 0 aromatic heterocycles. The van der Waals surface area contributed by atoms with Crippen LogP contribution in [0, 0.1) is 4.91 Å². The molecule has 0 aliphatic heterocycles. The van der Waals surface area contributed by atoms with E-state index in [1.165, 1.54) is 5.39 Å². The fourth-order valence-corrected chi connectivity index (χ4v) is 1.73. The van der Waals surface area contributed by atoms with E-state index in [0.29, 0.717) is 0 Å². The van der Waals surface area contributed by atoms with E-state index in [2.05, 4.69) is 28.4 Å². The highest BCUT2D eigenvalue weighted by atomic mass is 16.9. The molecule has 21 heavy (non-hydrogen) atoms. The molecule has 0 aliphatic rings. The summed E-state index contributed by atoms with van der Waals surface area (Å²) in [4.78, 5) is 8.47. The second kappa shape index (κ2) is 7.43. The molecular weight excluding hydrogens is 274 g/mol. The van der Waals surface area contributed by atoms with Crippen molar-refractivity contribution >= 4 is 22.4 Å². The van der Waals surface area contributed by atoms with E-state index in [1.807, 2.05) is 31.2 Å². The minimum Gasteiger partial charge on any atom is -0.369 e. The first-order valence-corrected chi connectivity index (χ1v) is 5.88. The van der Waals surface area contributed by atoms with E-state index < -0.39 is 5.09 Å². The van der Waals surface area contributed by atoms with Gasteiger partial charge in [-0.1, -0.05) is 42.5 Å². The SMILES string of the molecule is C/C(=N\N=C(N)N)c1cccc2ccccc12.O=[N+](O)O. The van der Waals surface area contributed by atoms with Crippen molar-refractivity contribution in [2.24, 2.45) is 21.7 Å². The maximum absolute atomic E-state index is 8.47. The molecular formula is C13H16N5O3+. The van der Waals surface area contributed by atoms with Crippen LogP contribution in [0.1, 0.15) is 12.5 Å². The number of hydrogen-bond donors (Lipinski definition) is 4. The Kier molecular flexibility index (Phi) is 5.63. The molecule has 0 spiro atoms. The van der Waals surface area contributed by atoms with E-state index in [4.69, 9.17) is 26.8 Å². The summed E-state index contributed by atoms with van der Waals surface area (Å²) in [5.74, 6) is -0.0374. The lowest BCUT2D eigenvalue weighted by molar-refractivity contribution is -0.969. The molecule has 2 aromatic carbocycles. The Morgan fingerprint density at radius 2 is 1.62 bits per heavy atom. The Hall–Kier alpha value is -3.16. The van der Waals surface area contributed by atoms with Gasteiger partial charge in [-0.3, -0.25) is 0 Å². The first kappa shape index (κ1) is 15.9. The van der Waals surface area contributed by atoms with E-state index in [-0.39, 0.29) is 5.96 Å². The minimum atomic E-state index is -1.25. The summed E-state index contributed by atoms with van der Waals surface area (Å²) in [6.07, 6.45) is 0. The predicted molar refractivity (Wildman–Crippen MR) is 79.2 cm³/mol. The molecule has 6 N–H and O–H groups in total. The first-order chi connectivity index (χ1) is 9.91. The van der Waals surface area contributed by atoms with Crippen molar-refractivity contribution in [2.75, 3.05) is 0 Å². The topological polar surface area (TPSA) is 137 Å². The largest absolute Gasteiger partial charge is 0.472 e. The number of hydrogen-bond acceptors (Lipinski definition) is 3. The van der Waals surface area contributed by atoms with Crippen LogP contribution in [0.3, 0.4) is 0 Å². The summed E-state index contributed by atoms with van der Waals surface area (Å²) in [6.45, 7) is 1.88. The van der Waals surface area contributed by atoms with E-state index in [9.17, 15) is 0 Å². The van der Waals surface area contributed by atoms with Gasteiger partial charge < -0.3 is 11.5 Å². The maximum atomic E-state index is 8.47. The van der Waals surface area contributed by atoms with E-state index >= 15 is 0 Å². The molecule has 0 heterocycles. The Morgan fingerprint density at radius 3 is 2.24 bits per heavy atom. The molecule has 0 saturated heterocycles. The number of nitrogens with two attached hydrogens (primary N) is 2. The summed E-state index contributed by atoms with van der Waals surface area (Å²) >= 11 is 0. The highest BCUT2D eigenvalue weighted by molar-refractivity contribution is 6.09. The lowest BCUT2D eigenvalue weighted by Crippen LogP contribution is -2.22. The van der Waals surface area contributed by atoms with Crippen LogP contribution in [0.15, 0.2) is 52.7 Å². The molecule has 0 saturated carbocycles. The number of rotatable bonds is 2. The zero-order chi connectivity index (χ0) is 15.8. The van der Waals surface area contributed by atoms with Crippen LogP contribution >= 0.6 is 0 Å². The van der Waals surface area contributed by atoms with Crippen LogP contribution in [-0.4, -0.2) is 27.2 Å². The monoisotopic (exact) mass is 290 g/mol. The van der Waals surface area contributed by atoms with E-state index in [0.717, 1.165) is 16.7 Å². The summed E-state index contributed by atoms with van der Waals surface area (Å²) < 4.78 is 0. The van der Waals surface area contributed by atoms with E-state index in [1.54, 1.807) is 0 Å². The minimum absolute atomic E-state index is 0.0374. The van der Waals surface area contributed by atoms with Crippen molar-refractivity contribution in [1.29, 1.82) is 0 Å². The molecule has 0 fully saturated rings. The molecule has 8 nitrogen and oxygen atoms in total. The summed E-state index contributed by atoms with van der Waals surface area (Å²) in [7, 11) is 0. The highest BCUT2D eigenvalue weighted by Crippen LogP contribution is 2.19. The second-order valence-electron chi connectivity index (χ2n) is 3.99. The van der Waals surface area contributed by atoms with Crippen molar-refractivity contribution in [3.63, 3.8) is 0 Å². The fraction of sp³-hybridized carbons (Fsp3) is 0.0769. The number of nitrogens with zero attached hydrogens (tertiary/aromatic N) is 3. The second-order valence-corrected chi connectivity index (χ2v) is 3.99. The van der Waals surface area contributed by atoms with Gasteiger partial charge in [0.1, 0.15) is 4.91 Å². The third-order valence-corrected chi connectivity index (χ3v) is 2.49. The molecule has 2 aromatic rings. The van der Waals surface area contributed by atoms with Crippen LogP contribution in [0.5, 0.6) is 0 Å². The van der Waals surface area contributed by atoms with Gasteiger partial charge in [-0.15, -0.1) is 5.10 Å². The van der Waals surface area contributed by atoms with Crippen LogP contribution in [0.4, 0.5) is 0 Å². The van der Waals surface area contributed by atoms with Gasteiger partial charge in [0.15, 0.2) is 0 Å². The van der Waals surface area contributed by atoms with Gasteiger partial charge in [0, 0.05) is 5.56 Å². The molecule has 0 aliphatic carbocycles. The lowest BCUT2D eigenvalue weighted by atomic mass is 10.0. The zero-order valence-electron chi connectivity index (χ0n) is 11.3. The third kappa shape index (κ3) is 5.15. The van der Waals surface area contributed by atoms with Gasteiger partial charge in [0.05, 0.1) is 5.71 Å². The highest BCUT2D eigenvalue weighted by Gasteiger charge is 2.02. The maximum Gasteiger partial charge on any atom is 0.472 e. The van der Waals surface area contributed by atoms with Gasteiger partial charge in [0.25, 0.3) is 0 Å². The van der Waals surface area contributed by atoms with Crippen LogP contribution in [0.25, 0.3) is 10.8 Å². The van der Waals surface area contributed by atoms with Gasteiger partial charge in [-0.05, 0) is 17.7 Å². The molecule has 0 bridgehead atoms. The van der Waals surface area contributed by atoms with Crippen molar-refractivity contribution in [3.05, 3.63) is 52.9 Å². The summed E-state index contributed by atoms with van der Waals surface area (Å²) in [6, 6.07) is 14.2. The van der Waals surface area contributed by atoms with Crippen molar-refractivity contribution < 1.29 is 15.5 Å². The standard InChI is InChI=1S/C13H14N4.H2NO3/c1-9(16-17-13(14)15)11-8-4-6-10-5-2-3-7-12(10)11;2-1(3)4/h2-8H,1H3,(H4,14,15,17);(H2,2,3,4)/q;+1/b16-9+;. The smallest absolute Gasteiger partial charge is 0.369 e. The fourth-order valence-electron chi connectivity index (χ4n) is 1.73. The molecule has 2 rings (SSSR count). The summed E-state index contributed by atoms with van der Waals surface area (Å²) in [5.41, 5.74) is 12.3. The summed E-state index contributed by atoms with van der Waals surface area (Å²) in [5, 5.41) is 22.5. The number of benzene rings is 2. The third-order valence-electron chi connectivity index (χ3n) is 2.49. The van der Waals surface area contributed by atoms with Gasteiger partial charge >= 0.3 is 5.09 Å². The Morgan fingerprint density at radius 1 is 1.05 bits per heavy atom. The molecule has 0 unspecified atom stereocenters. The molecule has 0 amide bonds. The average Bonchev–Trinajstić information content (AvgIpc) is 2.43. The normalized spacial score (nSPS) is 10.4. The van der Waals surface area contributed by atoms with Crippen LogP contribution in [0.2, 0.25) is 0 Å². The first-order valence-electron chi connectivity index (χ1n) is 5.88. The van der Waals surface area contributed by atoms with Gasteiger partial charge in [0.2, 0.25) is 5.96 Å². The van der Waals surface area contributed by atoms with Crippen molar-refractivity contribution in [2.45, 2.75) is 6.92 Å². The average molecular weight is 290 g/mol. The van der Waals surface area contributed by atoms with Gasteiger partial charge in [-0.25, -0.2) is 10.4 Å². The zero-order valence-corrected chi connectivity index (χ0v) is 11.3. The van der Waals surface area contributed by atoms with Crippen molar-refractivity contribution in [1.82, 2.24) is 0 Å². The molecule has 110 valence electrons. The molecule has 8 heteroatoms. The van der Waals surface area contributed by atoms with Gasteiger partial charge in [-0.2, -0.15) is 5.10 Å². The van der Waals surface area contributed by atoms with Crippen LogP contribution < -0.4 is 11.5 Å². The quantitative estimate of drug-likeness (QED) is 0.376. The number of fused-ring (bicyclic) bond motifs is 1. The Labute approximate surface area is 120 Å². The molecule has 0 atom stereocenters. The lowest BCUT2D eigenvalue weighted by Gasteiger charge is -2.04. The Balaban J connectivity index is 0.000000491. The Bertz CT molecular complexity index is 684. The number of guanidine groups is 1.